The van der Waals surface area contributed by atoms with Crippen LogP contribution in [0.4, 0.5) is 0 Å². The predicted molar refractivity (Wildman–Crippen MR) is 73.4 cm³/mol. The van der Waals surface area contributed by atoms with Crippen molar-refractivity contribution in [2.45, 2.75) is 31.2 Å². The number of nitrogens with two attached hydrogens (primary N) is 1. The average molecular weight is 287 g/mol. The molecule has 0 aromatic carbocycles. The summed E-state index contributed by atoms with van der Waals surface area (Å²) in [6.45, 7) is 0. The molecule has 110 valence electrons. The van der Waals surface area contributed by atoms with Crippen LogP contribution in [0.1, 0.15) is 31.1 Å². The average Bonchev–Trinajstić information content (AvgIpc) is 3.22. The smallest absolute Gasteiger partial charge is 0.231 e. The second-order valence-electron chi connectivity index (χ2n) is 5.84. The lowest BCUT2D eigenvalue weighted by Gasteiger charge is -2.24. The fraction of sp³-hybridized carbons (Fsp3) is 0.571. The number of ether oxygens (including phenoxy) is 1. The Morgan fingerprint density at radius 2 is 2.14 bits per heavy atom. The number of methoxy groups -OCH3 is 1. The number of aromatic nitrogens is 4. The molecule has 2 N–H and O–H groups in total. The van der Waals surface area contributed by atoms with Crippen LogP contribution in [0.2, 0.25) is 0 Å². The first-order valence-corrected chi connectivity index (χ1v) is 7.22. The third-order valence-corrected chi connectivity index (χ3v) is 4.79. The van der Waals surface area contributed by atoms with Gasteiger partial charge < -0.3 is 15.0 Å². The maximum absolute atomic E-state index is 6.32. The largest absolute Gasteiger partial charge is 0.481 e. The first-order chi connectivity index (χ1) is 10.3. The molecule has 4 rings (SSSR count). The van der Waals surface area contributed by atoms with E-state index in [1.807, 2.05) is 0 Å². The highest BCUT2D eigenvalue weighted by atomic mass is 16.5. The molecule has 0 saturated heterocycles. The van der Waals surface area contributed by atoms with Gasteiger partial charge in [-0.25, -0.2) is 9.97 Å². The van der Waals surface area contributed by atoms with Crippen molar-refractivity contribution in [1.29, 1.82) is 0 Å². The highest BCUT2D eigenvalue weighted by molar-refractivity contribution is 5.49. The molecular weight excluding hydrogens is 270 g/mol. The zero-order valence-corrected chi connectivity index (χ0v) is 11.8. The van der Waals surface area contributed by atoms with Gasteiger partial charge in [0.15, 0.2) is 0 Å². The minimum absolute atomic E-state index is 0.136. The molecule has 2 saturated carbocycles. The van der Waals surface area contributed by atoms with Gasteiger partial charge in [0.1, 0.15) is 12.0 Å². The van der Waals surface area contributed by atoms with Crippen LogP contribution in [-0.4, -0.2) is 33.3 Å². The van der Waals surface area contributed by atoms with Crippen molar-refractivity contribution in [3.8, 4) is 17.4 Å². The van der Waals surface area contributed by atoms with Gasteiger partial charge >= 0.3 is 0 Å². The van der Waals surface area contributed by atoms with Crippen molar-refractivity contribution < 1.29 is 9.26 Å². The molecule has 0 aliphatic heterocycles. The number of hydrogen-bond acceptors (Lipinski definition) is 7. The Balaban J connectivity index is 1.64. The Labute approximate surface area is 121 Å². The minimum atomic E-state index is 0.136. The number of hydrogen-bond donors (Lipinski definition) is 1. The molecule has 0 spiro atoms. The van der Waals surface area contributed by atoms with E-state index in [-0.39, 0.29) is 12.0 Å². The Kier molecular flexibility index (Phi) is 2.88. The maximum Gasteiger partial charge on any atom is 0.231 e. The molecule has 2 heterocycles. The van der Waals surface area contributed by atoms with E-state index in [1.54, 1.807) is 13.2 Å². The van der Waals surface area contributed by atoms with Gasteiger partial charge in [-0.1, -0.05) is 5.16 Å². The third-order valence-electron chi connectivity index (χ3n) is 4.79. The molecule has 4 unspecified atom stereocenters. The summed E-state index contributed by atoms with van der Waals surface area (Å²) in [6, 6.07) is 1.83. The Bertz CT molecular complexity index is 656. The molecule has 2 aliphatic carbocycles. The molecule has 2 aromatic rings. The van der Waals surface area contributed by atoms with Crippen molar-refractivity contribution in [3.05, 3.63) is 18.3 Å². The van der Waals surface area contributed by atoms with Crippen LogP contribution in [0, 0.1) is 11.8 Å². The van der Waals surface area contributed by atoms with Crippen LogP contribution in [-0.2, 0) is 0 Å². The van der Waals surface area contributed by atoms with E-state index < -0.39 is 0 Å². The Morgan fingerprint density at radius 3 is 2.90 bits per heavy atom. The van der Waals surface area contributed by atoms with Crippen molar-refractivity contribution in [1.82, 2.24) is 20.1 Å². The van der Waals surface area contributed by atoms with Crippen molar-refractivity contribution >= 4 is 0 Å². The highest BCUT2D eigenvalue weighted by Crippen LogP contribution is 2.51. The van der Waals surface area contributed by atoms with E-state index in [0.29, 0.717) is 35.1 Å². The summed E-state index contributed by atoms with van der Waals surface area (Å²) in [6.07, 6.45) is 5.05. The third kappa shape index (κ3) is 1.99. The monoisotopic (exact) mass is 287 g/mol. The zero-order valence-electron chi connectivity index (χ0n) is 11.8. The fourth-order valence-corrected chi connectivity index (χ4v) is 3.75. The van der Waals surface area contributed by atoms with E-state index in [0.717, 1.165) is 0 Å². The maximum atomic E-state index is 6.32. The normalized spacial score (nSPS) is 30.8. The first-order valence-electron chi connectivity index (χ1n) is 7.22. The fourth-order valence-electron chi connectivity index (χ4n) is 3.75. The molecule has 4 atom stereocenters. The molecule has 2 fully saturated rings. The summed E-state index contributed by atoms with van der Waals surface area (Å²) in [5.41, 5.74) is 6.91. The van der Waals surface area contributed by atoms with E-state index in [2.05, 4.69) is 20.1 Å². The van der Waals surface area contributed by atoms with Gasteiger partial charge in [-0.3, -0.25) is 0 Å². The molecular formula is C14H17N5O2. The zero-order chi connectivity index (χ0) is 14.4. The van der Waals surface area contributed by atoms with Crippen molar-refractivity contribution in [2.24, 2.45) is 17.6 Å². The molecule has 7 heteroatoms. The van der Waals surface area contributed by atoms with E-state index in [1.165, 1.54) is 25.6 Å². The SMILES string of the molecule is COc1cc(-c2noc(C3C4CCC(C4)C3N)n2)ncn1. The molecule has 0 amide bonds. The lowest BCUT2D eigenvalue weighted by atomic mass is 9.85. The first kappa shape index (κ1) is 12.7. The molecule has 2 bridgehead atoms. The quantitative estimate of drug-likeness (QED) is 0.910. The summed E-state index contributed by atoms with van der Waals surface area (Å²) in [7, 11) is 1.56. The van der Waals surface area contributed by atoms with Crippen LogP contribution >= 0.6 is 0 Å². The van der Waals surface area contributed by atoms with Gasteiger partial charge in [0.25, 0.3) is 0 Å². The van der Waals surface area contributed by atoms with Gasteiger partial charge in [0.05, 0.1) is 13.0 Å². The Hall–Kier alpha value is -2.02. The van der Waals surface area contributed by atoms with E-state index in [9.17, 15) is 0 Å². The lowest BCUT2D eigenvalue weighted by molar-refractivity contribution is 0.279. The van der Waals surface area contributed by atoms with Crippen LogP contribution in [0.5, 0.6) is 5.88 Å². The van der Waals surface area contributed by atoms with Crippen LogP contribution in [0.3, 0.4) is 0 Å². The molecule has 0 radical (unpaired) electrons. The summed E-state index contributed by atoms with van der Waals surface area (Å²) in [5.74, 6) is 2.95. The predicted octanol–water partition coefficient (Wildman–Crippen LogP) is 1.38. The van der Waals surface area contributed by atoms with Crippen LogP contribution in [0.15, 0.2) is 16.9 Å². The molecule has 7 nitrogen and oxygen atoms in total. The molecule has 2 aliphatic rings. The summed E-state index contributed by atoms with van der Waals surface area (Å²) in [5, 5.41) is 4.04. The van der Waals surface area contributed by atoms with Gasteiger partial charge in [0, 0.05) is 12.1 Å². The minimum Gasteiger partial charge on any atom is -0.481 e. The highest BCUT2D eigenvalue weighted by Gasteiger charge is 2.48. The van der Waals surface area contributed by atoms with E-state index in [4.69, 9.17) is 15.0 Å². The number of nitrogens with zero attached hydrogens (tertiary/aromatic N) is 4. The summed E-state index contributed by atoms with van der Waals surface area (Å²) >= 11 is 0. The number of fused-ring (bicyclic) bond motifs is 2. The standard InChI is InChI=1S/C14H17N5O2/c1-20-10-5-9(16-6-17-10)13-18-14(21-19-13)11-7-2-3-8(4-7)12(11)15/h5-8,11-12H,2-4,15H2,1H3. The second-order valence-corrected chi connectivity index (χ2v) is 5.84. The van der Waals surface area contributed by atoms with Crippen molar-refractivity contribution in [2.75, 3.05) is 7.11 Å². The molecule has 21 heavy (non-hydrogen) atoms. The van der Waals surface area contributed by atoms with Crippen molar-refractivity contribution in [3.63, 3.8) is 0 Å². The lowest BCUT2D eigenvalue weighted by Crippen LogP contribution is -2.34. The summed E-state index contributed by atoms with van der Waals surface area (Å²) < 4.78 is 10.5. The van der Waals surface area contributed by atoms with Crippen LogP contribution in [0.25, 0.3) is 11.5 Å². The Morgan fingerprint density at radius 1 is 1.29 bits per heavy atom. The molecule has 2 aromatic heterocycles. The summed E-state index contributed by atoms with van der Waals surface area (Å²) in [4.78, 5) is 12.6. The van der Waals surface area contributed by atoms with Gasteiger partial charge in [-0.05, 0) is 31.1 Å². The topological polar surface area (TPSA) is 100.0 Å². The number of rotatable bonds is 3. The second kappa shape index (κ2) is 4.77. The van der Waals surface area contributed by atoms with Gasteiger partial charge in [0.2, 0.25) is 17.6 Å². The van der Waals surface area contributed by atoms with Crippen LogP contribution < -0.4 is 10.5 Å². The van der Waals surface area contributed by atoms with Gasteiger partial charge in [-0.2, -0.15) is 4.98 Å². The van der Waals surface area contributed by atoms with E-state index >= 15 is 0 Å². The van der Waals surface area contributed by atoms with Gasteiger partial charge in [-0.15, -0.1) is 0 Å².